The molecule has 2 aromatic rings. The van der Waals surface area contributed by atoms with Crippen molar-refractivity contribution in [2.75, 3.05) is 13.1 Å². The largest absolute Gasteiger partial charge is 0.480 e. The second-order valence-electron chi connectivity index (χ2n) is 8.21. The highest BCUT2D eigenvalue weighted by Gasteiger charge is 2.37. The fourth-order valence-electron chi connectivity index (χ4n) is 4.12. The van der Waals surface area contributed by atoms with Crippen LogP contribution in [0.5, 0.6) is 0 Å². The summed E-state index contributed by atoms with van der Waals surface area (Å²) in [5.74, 6) is -1.58. The lowest BCUT2D eigenvalue weighted by molar-refractivity contribution is -0.141. The molecule has 2 atom stereocenters. The second kappa shape index (κ2) is 12.5. The number of hydrogen-bond donors (Lipinski definition) is 4. The molecule has 0 unspecified atom stereocenters. The summed E-state index contributed by atoms with van der Waals surface area (Å²) < 4.78 is 0. The van der Waals surface area contributed by atoms with Gasteiger partial charge < -0.3 is 21.1 Å². The van der Waals surface area contributed by atoms with E-state index in [0.717, 1.165) is 16.8 Å². The maximum atomic E-state index is 13.3. The van der Waals surface area contributed by atoms with Crippen molar-refractivity contribution >= 4 is 29.4 Å². The number of nitrogens with zero attached hydrogens (tertiary/aromatic N) is 2. The summed E-state index contributed by atoms with van der Waals surface area (Å²) in [6, 6.07) is 9.53. The summed E-state index contributed by atoms with van der Waals surface area (Å²) in [4.78, 5) is 43.3. The van der Waals surface area contributed by atoms with E-state index in [1.54, 1.807) is 23.2 Å². The number of nitrogens with one attached hydrogen (secondary N) is 2. The van der Waals surface area contributed by atoms with E-state index in [4.69, 9.17) is 22.4 Å². The van der Waals surface area contributed by atoms with Crippen LogP contribution in [0.4, 0.5) is 0 Å². The number of carbonyl (C=O) groups is 3. The van der Waals surface area contributed by atoms with Crippen LogP contribution in [0.1, 0.15) is 36.1 Å². The van der Waals surface area contributed by atoms with Gasteiger partial charge in [-0.25, -0.2) is 0 Å². The molecule has 182 valence electrons. The third-order valence-corrected chi connectivity index (χ3v) is 6.13. The van der Waals surface area contributed by atoms with Gasteiger partial charge in [0, 0.05) is 36.5 Å². The van der Waals surface area contributed by atoms with Crippen LogP contribution in [0.25, 0.3) is 0 Å². The first-order valence-corrected chi connectivity index (χ1v) is 11.7. The van der Waals surface area contributed by atoms with Crippen molar-refractivity contribution in [2.45, 2.75) is 50.9 Å². The van der Waals surface area contributed by atoms with E-state index in [1.807, 2.05) is 24.3 Å². The van der Waals surface area contributed by atoms with Gasteiger partial charge in [0.25, 0.3) is 0 Å². The van der Waals surface area contributed by atoms with Gasteiger partial charge in [-0.15, -0.1) is 0 Å². The van der Waals surface area contributed by atoms with E-state index >= 15 is 0 Å². The smallest absolute Gasteiger partial charge is 0.317 e. The van der Waals surface area contributed by atoms with Crippen LogP contribution in [0, 0.1) is 0 Å². The van der Waals surface area contributed by atoms with Crippen molar-refractivity contribution in [1.82, 2.24) is 20.5 Å². The molecule has 0 radical (unpaired) electrons. The van der Waals surface area contributed by atoms with E-state index in [9.17, 15) is 14.4 Å². The molecule has 0 aliphatic carbocycles. The number of halogens is 1. The van der Waals surface area contributed by atoms with E-state index in [2.05, 4.69) is 15.6 Å². The lowest BCUT2D eigenvalue weighted by Crippen LogP contribution is -2.53. The summed E-state index contributed by atoms with van der Waals surface area (Å²) in [6.45, 7) is 0.672. The van der Waals surface area contributed by atoms with Gasteiger partial charge in [-0.05, 0) is 61.1 Å². The predicted molar refractivity (Wildman–Crippen MR) is 128 cm³/mol. The van der Waals surface area contributed by atoms with E-state index < -0.39 is 18.1 Å². The van der Waals surface area contributed by atoms with Gasteiger partial charge in [0.1, 0.15) is 6.04 Å². The van der Waals surface area contributed by atoms with Crippen molar-refractivity contribution in [1.29, 1.82) is 0 Å². The molecular weight excluding hydrogens is 458 g/mol. The number of carbonyl (C=O) groups excluding carboxylic acids is 2. The Morgan fingerprint density at radius 3 is 2.76 bits per heavy atom. The Hall–Kier alpha value is -3.01. The summed E-state index contributed by atoms with van der Waals surface area (Å²) in [5.41, 5.74) is 8.31. The van der Waals surface area contributed by atoms with Crippen LogP contribution in [-0.2, 0) is 33.9 Å². The molecule has 1 aliphatic heterocycles. The zero-order chi connectivity index (χ0) is 24.5. The Morgan fingerprint density at radius 2 is 2.06 bits per heavy atom. The van der Waals surface area contributed by atoms with Crippen molar-refractivity contribution in [3.8, 4) is 0 Å². The number of carboxylic acids is 1. The van der Waals surface area contributed by atoms with Crippen LogP contribution >= 0.6 is 11.6 Å². The first kappa shape index (κ1) is 25.6. The van der Waals surface area contributed by atoms with Crippen LogP contribution in [0.15, 0.2) is 42.6 Å². The highest BCUT2D eigenvalue weighted by molar-refractivity contribution is 6.30. The Labute approximate surface area is 203 Å². The first-order valence-electron chi connectivity index (χ1n) is 11.3. The van der Waals surface area contributed by atoms with Crippen LogP contribution in [-0.4, -0.2) is 57.9 Å². The SMILES string of the molecule is NCc1ccc(Cl)cc1CNC(=O)[C@@H]1CCCN1C(=O)[C@@H](CCc1ccccn1)NCC(=O)O. The number of carboxylic acid groups (broad SMARTS) is 1. The van der Waals surface area contributed by atoms with Crippen LogP contribution < -0.4 is 16.4 Å². The second-order valence-corrected chi connectivity index (χ2v) is 8.65. The molecule has 9 nitrogen and oxygen atoms in total. The molecule has 3 rings (SSSR count). The van der Waals surface area contributed by atoms with Crippen molar-refractivity contribution in [3.63, 3.8) is 0 Å². The van der Waals surface area contributed by atoms with Crippen LogP contribution in [0.2, 0.25) is 5.02 Å². The number of nitrogens with two attached hydrogens (primary N) is 1. The molecule has 5 N–H and O–H groups in total. The fourth-order valence-corrected chi connectivity index (χ4v) is 4.32. The molecule has 1 aromatic carbocycles. The molecule has 34 heavy (non-hydrogen) atoms. The van der Waals surface area contributed by atoms with Gasteiger partial charge in [-0.3, -0.25) is 24.7 Å². The average molecular weight is 488 g/mol. The molecule has 10 heteroatoms. The molecule has 1 aliphatic rings. The maximum absolute atomic E-state index is 13.3. The molecular formula is C24H30ClN5O4. The minimum absolute atomic E-state index is 0.254. The Bertz CT molecular complexity index is 1000. The monoisotopic (exact) mass is 487 g/mol. The molecule has 0 saturated carbocycles. The normalized spacial score (nSPS) is 16.3. The Balaban J connectivity index is 1.66. The summed E-state index contributed by atoms with van der Waals surface area (Å²) in [5, 5.41) is 15.4. The molecule has 0 spiro atoms. The van der Waals surface area contributed by atoms with Crippen molar-refractivity contribution in [2.24, 2.45) is 5.73 Å². The molecule has 2 amide bonds. The minimum Gasteiger partial charge on any atom is -0.480 e. The summed E-state index contributed by atoms with van der Waals surface area (Å²) >= 11 is 6.08. The number of hydrogen-bond acceptors (Lipinski definition) is 6. The molecule has 0 bridgehead atoms. The lowest BCUT2D eigenvalue weighted by Gasteiger charge is -2.28. The number of pyridine rings is 1. The first-order chi connectivity index (χ1) is 16.4. The van der Waals surface area contributed by atoms with Gasteiger partial charge in [0.15, 0.2) is 0 Å². The molecule has 1 saturated heterocycles. The molecule has 2 heterocycles. The third kappa shape index (κ3) is 6.99. The van der Waals surface area contributed by atoms with Crippen molar-refractivity contribution in [3.05, 3.63) is 64.4 Å². The number of benzene rings is 1. The molecule has 1 aromatic heterocycles. The average Bonchev–Trinajstić information content (AvgIpc) is 3.33. The van der Waals surface area contributed by atoms with Crippen molar-refractivity contribution < 1.29 is 19.5 Å². The maximum Gasteiger partial charge on any atom is 0.317 e. The van der Waals surface area contributed by atoms with Gasteiger partial charge in [-0.2, -0.15) is 0 Å². The van der Waals surface area contributed by atoms with E-state index in [-0.39, 0.29) is 24.9 Å². The summed E-state index contributed by atoms with van der Waals surface area (Å²) in [6.07, 6.45) is 3.79. The minimum atomic E-state index is -1.05. The Morgan fingerprint density at radius 1 is 1.24 bits per heavy atom. The zero-order valence-corrected chi connectivity index (χ0v) is 19.6. The fraction of sp³-hybridized carbons (Fsp3) is 0.417. The number of likely N-dealkylation sites (tertiary alicyclic amines) is 1. The summed E-state index contributed by atoms with van der Waals surface area (Å²) in [7, 11) is 0. The quantitative estimate of drug-likeness (QED) is 0.376. The lowest BCUT2D eigenvalue weighted by atomic mass is 10.1. The van der Waals surface area contributed by atoms with Gasteiger partial charge in [0.05, 0.1) is 12.6 Å². The standard InChI is InChI=1S/C24H30ClN5O4/c25-18-7-6-16(13-26)17(12-18)14-29-23(33)21-5-3-11-30(21)24(34)20(28-15-22(31)32)9-8-19-4-1-2-10-27-19/h1-2,4,6-7,10,12,20-21,28H,3,5,8-9,11,13-15,26H2,(H,29,33)(H,31,32)/t20-,21+/m1/s1. The highest BCUT2D eigenvalue weighted by atomic mass is 35.5. The van der Waals surface area contributed by atoms with Gasteiger partial charge >= 0.3 is 5.97 Å². The Kier molecular flexibility index (Phi) is 9.38. The van der Waals surface area contributed by atoms with E-state index in [1.165, 1.54) is 0 Å². The van der Waals surface area contributed by atoms with Gasteiger partial charge in [0.2, 0.25) is 11.8 Å². The molecule has 1 fully saturated rings. The number of aliphatic carboxylic acids is 1. The predicted octanol–water partition coefficient (Wildman–Crippen LogP) is 1.48. The third-order valence-electron chi connectivity index (χ3n) is 5.89. The zero-order valence-electron chi connectivity index (χ0n) is 18.9. The van der Waals surface area contributed by atoms with Crippen LogP contribution in [0.3, 0.4) is 0 Å². The van der Waals surface area contributed by atoms with Gasteiger partial charge in [-0.1, -0.05) is 23.7 Å². The number of rotatable bonds is 11. The number of aromatic nitrogens is 1. The van der Waals surface area contributed by atoms with E-state index in [0.29, 0.717) is 43.8 Å². The highest BCUT2D eigenvalue weighted by Crippen LogP contribution is 2.21. The number of amides is 2. The number of aryl methyl sites for hydroxylation is 1. The topological polar surface area (TPSA) is 138 Å².